The molecule has 0 spiro atoms. The van der Waals surface area contributed by atoms with E-state index in [0.29, 0.717) is 0 Å². The summed E-state index contributed by atoms with van der Waals surface area (Å²) < 4.78 is 0. The van der Waals surface area contributed by atoms with E-state index in [9.17, 15) is 9.59 Å². The van der Waals surface area contributed by atoms with Crippen LogP contribution in [-0.2, 0) is 20.8 Å². The fourth-order valence-electron chi connectivity index (χ4n) is 4.35. The molecule has 1 aliphatic carbocycles. The molecule has 4 nitrogen and oxygen atoms in total. The summed E-state index contributed by atoms with van der Waals surface area (Å²) >= 11 is 0. The smallest absolute Gasteiger partial charge is 0.179 e. The van der Waals surface area contributed by atoms with Crippen molar-refractivity contribution in [1.82, 2.24) is 5.06 Å². The minimum absolute atomic E-state index is 0.00222. The SMILES string of the molecule is CCc1ccc(-c2ccc(C)cc2)cc1C1C(=O)[C@@H]2ON(C)C(C)[C@@H]2C1=O. The van der Waals surface area contributed by atoms with E-state index < -0.39 is 12.0 Å². The van der Waals surface area contributed by atoms with Gasteiger partial charge >= 0.3 is 0 Å². The highest BCUT2D eigenvalue weighted by Crippen LogP contribution is 2.43. The zero-order chi connectivity index (χ0) is 19.3. The van der Waals surface area contributed by atoms with E-state index >= 15 is 0 Å². The minimum Gasteiger partial charge on any atom is -0.298 e. The standard InChI is InChI=1S/C23H25NO3/c1-5-15-10-11-17(16-8-6-13(2)7-9-16)12-18(15)20-21(25)19-14(3)24(4)27-23(19)22(20)26/h6-12,14,19-20,23H,5H2,1-4H3/t14?,19-,20?,23-/m1/s1. The number of ketones is 2. The van der Waals surface area contributed by atoms with E-state index in [1.165, 1.54) is 5.56 Å². The molecular formula is C23H25NO3. The molecular weight excluding hydrogens is 338 g/mol. The quantitative estimate of drug-likeness (QED) is 0.780. The third kappa shape index (κ3) is 2.84. The Morgan fingerprint density at radius 2 is 1.67 bits per heavy atom. The molecule has 0 amide bonds. The van der Waals surface area contributed by atoms with E-state index in [1.807, 2.05) is 13.0 Å². The van der Waals surface area contributed by atoms with Crippen molar-refractivity contribution in [3.05, 3.63) is 59.2 Å². The fraction of sp³-hybridized carbons (Fsp3) is 0.391. The molecule has 1 saturated carbocycles. The highest BCUT2D eigenvalue weighted by molar-refractivity contribution is 6.17. The second-order valence-electron chi connectivity index (χ2n) is 7.71. The normalized spacial score (nSPS) is 28.0. The molecule has 2 unspecified atom stereocenters. The summed E-state index contributed by atoms with van der Waals surface area (Å²) in [5.74, 6) is -1.19. The van der Waals surface area contributed by atoms with E-state index in [1.54, 1.807) is 12.1 Å². The number of rotatable bonds is 3. The van der Waals surface area contributed by atoms with Gasteiger partial charge in [0.25, 0.3) is 0 Å². The fourth-order valence-corrected chi connectivity index (χ4v) is 4.35. The number of hydrogen-bond donors (Lipinski definition) is 0. The van der Waals surface area contributed by atoms with Crippen LogP contribution in [0.4, 0.5) is 0 Å². The van der Waals surface area contributed by atoms with Crippen molar-refractivity contribution in [2.45, 2.75) is 45.3 Å². The molecule has 1 heterocycles. The third-order valence-electron chi connectivity index (χ3n) is 6.10. The first-order valence-corrected chi connectivity index (χ1v) is 9.59. The lowest BCUT2D eigenvalue weighted by Gasteiger charge is -2.20. The first-order chi connectivity index (χ1) is 12.9. The Labute approximate surface area is 160 Å². The van der Waals surface area contributed by atoms with Crippen molar-refractivity contribution in [2.24, 2.45) is 5.92 Å². The predicted molar refractivity (Wildman–Crippen MR) is 104 cm³/mol. The van der Waals surface area contributed by atoms with Crippen LogP contribution >= 0.6 is 0 Å². The molecule has 27 heavy (non-hydrogen) atoms. The number of nitrogens with zero attached hydrogens (tertiary/aromatic N) is 1. The van der Waals surface area contributed by atoms with Crippen LogP contribution in [0, 0.1) is 12.8 Å². The topological polar surface area (TPSA) is 46.6 Å². The number of hydrogen-bond acceptors (Lipinski definition) is 4. The van der Waals surface area contributed by atoms with Crippen LogP contribution < -0.4 is 0 Å². The molecule has 0 aromatic heterocycles. The van der Waals surface area contributed by atoms with Crippen LogP contribution in [0.25, 0.3) is 11.1 Å². The number of hydroxylamine groups is 2. The van der Waals surface area contributed by atoms with Gasteiger partial charge in [-0.1, -0.05) is 48.9 Å². The third-order valence-corrected chi connectivity index (χ3v) is 6.10. The molecule has 1 aliphatic heterocycles. The Morgan fingerprint density at radius 3 is 2.30 bits per heavy atom. The van der Waals surface area contributed by atoms with E-state index in [-0.39, 0.29) is 23.5 Å². The van der Waals surface area contributed by atoms with Crippen LogP contribution in [0.3, 0.4) is 0 Å². The molecule has 2 fully saturated rings. The summed E-state index contributed by atoms with van der Waals surface area (Å²) in [5, 5.41) is 1.64. The lowest BCUT2D eigenvalue weighted by molar-refractivity contribution is -0.160. The Morgan fingerprint density at radius 1 is 1.00 bits per heavy atom. The maximum absolute atomic E-state index is 13.2. The average molecular weight is 363 g/mol. The molecule has 0 radical (unpaired) electrons. The molecule has 140 valence electrons. The van der Waals surface area contributed by atoms with Crippen molar-refractivity contribution >= 4 is 11.6 Å². The second kappa shape index (κ2) is 6.70. The summed E-state index contributed by atoms with van der Waals surface area (Å²) in [4.78, 5) is 32.0. The molecule has 0 bridgehead atoms. The summed E-state index contributed by atoms with van der Waals surface area (Å²) in [6, 6.07) is 14.4. The van der Waals surface area contributed by atoms with Crippen molar-refractivity contribution in [1.29, 1.82) is 0 Å². The van der Waals surface area contributed by atoms with Crippen molar-refractivity contribution < 1.29 is 14.4 Å². The van der Waals surface area contributed by atoms with E-state index in [4.69, 9.17) is 4.84 Å². The first-order valence-electron chi connectivity index (χ1n) is 9.59. The Kier molecular flexibility index (Phi) is 4.49. The van der Waals surface area contributed by atoms with Gasteiger partial charge in [-0.2, -0.15) is 5.06 Å². The van der Waals surface area contributed by atoms with Gasteiger partial charge in [0.15, 0.2) is 11.6 Å². The molecule has 2 aromatic carbocycles. The molecule has 0 N–H and O–H groups in total. The summed E-state index contributed by atoms with van der Waals surface area (Å²) in [6.45, 7) is 6.06. The summed E-state index contributed by atoms with van der Waals surface area (Å²) in [7, 11) is 1.79. The molecule has 2 aliphatic rings. The summed E-state index contributed by atoms with van der Waals surface area (Å²) in [6.07, 6.45) is 0.141. The van der Waals surface area contributed by atoms with Crippen molar-refractivity contribution in [3.8, 4) is 11.1 Å². The van der Waals surface area contributed by atoms with Gasteiger partial charge in [0.2, 0.25) is 0 Å². The molecule has 4 rings (SSSR count). The van der Waals surface area contributed by atoms with Gasteiger partial charge in [-0.3, -0.25) is 14.4 Å². The Hall–Kier alpha value is -2.30. The Balaban J connectivity index is 1.77. The number of benzene rings is 2. The first kappa shape index (κ1) is 18.1. The molecule has 4 atom stereocenters. The number of carbonyl (C=O) groups is 2. The highest BCUT2D eigenvalue weighted by Gasteiger charge is 2.58. The van der Waals surface area contributed by atoms with E-state index in [2.05, 4.69) is 50.2 Å². The van der Waals surface area contributed by atoms with Crippen LogP contribution in [-0.4, -0.2) is 35.8 Å². The van der Waals surface area contributed by atoms with Gasteiger partial charge in [0.1, 0.15) is 12.0 Å². The van der Waals surface area contributed by atoms with Gasteiger partial charge in [-0.15, -0.1) is 0 Å². The van der Waals surface area contributed by atoms with Crippen LogP contribution in [0.1, 0.15) is 36.5 Å². The number of Topliss-reactive ketones (excluding diaryl/α,β-unsaturated/α-hetero) is 2. The Bertz CT molecular complexity index is 902. The zero-order valence-corrected chi connectivity index (χ0v) is 16.2. The summed E-state index contributed by atoms with van der Waals surface area (Å²) in [5.41, 5.74) is 5.23. The average Bonchev–Trinajstić information content (AvgIpc) is 3.09. The lowest BCUT2D eigenvalue weighted by Crippen LogP contribution is -2.31. The maximum Gasteiger partial charge on any atom is 0.179 e. The van der Waals surface area contributed by atoms with Crippen LogP contribution in [0.15, 0.2) is 42.5 Å². The maximum atomic E-state index is 13.2. The van der Waals surface area contributed by atoms with Gasteiger partial charge in [0.05, 0.1) is 5.92 Å². The number of fused-ring (bicyclic) bond motifs is 1. The molecule has 2 aromatic rings. The number of carbonyl (C=O) groups excluding carboxylic acids is 2. The van der Waals surface area contributed by atoms with Gasteiger partial charge in [0, 0.05) is 13.1 Å². The van der Waals surface area contributed by atoms with Gasteiger partial charge < -0.3 is 0 Å². The monoisotopic (exact) mass is 363 g/mol. The minimum atomic E-state index is -0.712. The number of aryl methyl sites for hydroxylation is 2. The zero-order valence-electron chi connectivity index (χ0n) is 16.2. The van der Waals surface area contributed by atoms with Crippen LogP contribution in [0.5, 0.6) is 0 Å². The predicted octanol–water partition coefficient (Wildman–Crippen LogP) is 3.71. The highest BCUT2D eigenvalue weighted by atomic mass is 16.7. The van der Waals surface area contributed by atoms with Crippen molar-refractivity contribution in [2.75, 3.05) is 7.05 Å². The van der Waals surface area contributed by atoms with Crippen LogP contribution in [0.2, 0.25) is 0 Å². The van der Waals surface area contributed by atoms with Gasteiger partial charge in [-0.05, 0) is 48.6 Å². The molecule has 4 heteroatoms. The lowest BCUT2D eigenvalue weighted by atomic mass is 9.86. The molecule has 1 saturated heterocycles. The second-order valence-corrected chi connectivity index (χ2v) is 7.71. The van der Waals surface area contributed by atoms with Gasteiger partial charge in [-0.25, -0.2) is 0 Å². The van der Waals surface area contributed by atoms with E-state index in [0.717, 1.165) is 28.7 Å². The van der Waals surface area contributed by atoms with Crippen molar-refractivity contribution in [3.63, 3.8) is 0 Å². The largest absolute Gasteiger partial charge is 0.298 e.